The molecular formula is C40H23N5OS. The lowest BCUT2D eigenvalue weighted by Gasteiger charge is -2.11. The summed E-state index contributed by atoms with van der Waals surface area (Å²) < 4.78 is 70.0. The van der Waals surface area contributed by atoms with E-state index in [4.69, 9.17) is 31.2 Å². The summed E-state index contributed by atoms with van der Waals surface area (Å²) in [6.45, 7) is 0. The van der Waals surface area contributed by atoms with Crippen LogP contribution in [0.15, 0.2) is 144 Å². The average molecular weight is 629 g/mol. The topological polar surface area (TPSA) is 69.6 Å². The summed E-state index contributed by atoms with van der Waals surface area (Å²) in [5.74, 6) is 0.400. The van der Waals surface area contributed by atoms with Crippen LogP contribution in [0.4, 0.5) is 0 Å². The van der Waals surface area contributed by atoms with Gasteiger partial charge in [-0.05, 0) is 42.4 Å². The molecule has 0 spiro atoms. The molecule has 0 saturated heterocycles. The van der Waals surface area contributed by atoms with Crippen molar-refractivity contribution in [1.82, 2.24) is 24.5 Å². The standard InChI is InChI=1S/C40H23N5OS/c1-2-11-24(12-3-1)39-41-36-30(16-10-20-35(36)47-39)38-42-37(25-21-22-29-28-15-6-9-19-33(28)46-34(29)23-25)43-40(44-38)45-31-17-7-4-13-26(31)27-14-5-8-18-32(27)45/h1-23H/i6D,9D,15D,19D,21D,22D,23D. The maximum Gasteiger partial charge on any atom is 0.238 e. The molecule has 7 heteroatoms. The van der Waals surface area contributed by atoms with E-state index in [1.165, 1.54) is 11.3 Å². The van der Waals surface area contributed by atoms with E-state index in [1.807, 2.05) is 102 Å². The van der Waals surface area contributed by atoms with Crippen LogP contribution >= 0.6 is 11.3 Å². The first kappa shape index (κ1) is 20.0. The summed E-state index contributed by atoms with van der Waals surface area (Å²) in [5, 5.41) is 2.67. The van der Waals surface area contributed by atoms with Gasteiger partial charge in [-0.1, -0.05) is 97.0 Å². The smallest absolute Gasteiger partial charge is 0.238 e. The quantitative estimate of drug-likeness (QED) is 0.194. The van der Waals surface area contributed by atoms with Gasteiger partial charge in [0.1, 0.15) is 16.2 Å². The molecule has 0 bridgehead atoms. The van der Waals surface area contributed by atoms with Crippen LogP contribution in [0.2, 0.25) is 0 Å². The molecule has 4 aromatic heterocycles. The highest BCUT2D eigenvalue weighted by Gasteiger charge is 2.20. The molecular weight excluding hydrogens is 599 g/mol. The summed E-state index contributed by atoms with van der Waals surface area (Å²) >= 11 is 1.54. The molecule has 47 heavy (non-hydrogen) atoms. The molecule has 0 fully saturated rings. The average Bonchev–Trinajstić information content (AvgIpc) is 3.92. The van der Waals surface area contributed by atoms with Crippen molar-refractivity contribution in [3.63, 3.8) is 0 Å². The summed E-state index contributed by atoms with van der Waals surface area (Å²) in [6, 6.07) is 28.5. The van der Waals surface area contributed by atoms with E-state index >= 15 is 0 Å². The minimum Gasteiger partial charge on any atom is -0.456 e. The Labute approximate surface area is 282 Å². The Morgan fingerprint density at radius 3 is 2.13 bits per heavy atom. The Morgan fingerprint density at radius 1 is 0.574 bits per heavy atom. The van der Waals surface area contributed by atoms with Crippen molar-refractivity contribution < 1.29 is 14.0 Å². The van der Waals surface area contributed by atoms with E-state index in [0.29, 0.717) is 11.1 Å². The van der Waals surface area contributed by atoms with E-state index in [1.54, 1.807) is 0 Å². The zero-order valence-corrected chi connectivity index (χ0v) is 25.1. The van der Waals surface area contributed by atoms with E-state index in [9.17, 15) is 2.74 Å². The van der Waals surface area contributed by atoms with Crippen LogP contribution in [0.3, 0.4) is 0 Å². The normalized spacial score (nSPS) is 13.9. The van der Waals surface area contributed by atoms with Crippen LogP contribution in [-0.4, -0.2) is 24.5 Å². The number of hydrogen-bond acceptors (Lipinski definition) is 6. The highest BCUT2D eigenvalue weighted by atomic mass is 32.1. The molecule has 4 heterocycles. The van der Waals surface area contributed by atoms with Gasteiger partial charge in [0.15, 0.2) is 11.6 Å². The lowest BCUT2D eigenvalue weighted by molar-refractivity contribution is 0.669. The number of fused-ring (bicyclic) bond motifs is 7. The maximum atomic E-state index is 9.38. The third-order valence-corrected chi connectivity index (χ3v) is 9.26. The number of furan rings is 1. The van der Waals surface area contributed by atoms with Gasteiger partial charge in [-0.25, -0.2) is 9.97 Å². The third kappa shape index (κ3) is 4.10. The maximum absolute atomic E-state index is 9.38. The first-order valence-corrected chi connectivity index (χ1v) is 15.7. The minimum atomic E-state index is -0.500. The molecule has 6 nitrogen and oxygen atoms in total. The van der Waals surface area contributed by atoms with Gasteiger partial charge >= 0.3 is 0 Å². The minimum absolute atomic E-state index is 0.0478. The molecule has 10 rings (SSSR count). The lowest BCUT2D eigenvalue weighted by Crippen LogP contribution is -2.06. The molecule has 10 aromatic rings. The summed E-state index contributed by atoms with van der Waals surface area (Å²) in [4.78, 5) is 19.9. The Balaban J connectivity index is 1.30. The molecule has 6 aromatic carbocycles. The fraction of sp³-hybridized carbons (Fsp3) is 0. The number of aromatic nitrogens is 5. The molecule has 0 aliphatic carbocycles. The summed E-state index contributed by atoms with van der Waals surface area (Å²) in [6.07, 6.45) is 0. The molecule has 0 N–H and O–H groups in total. The van der Waals surface area contributed by atoms with Gasteiger partial charge in [-0.15, -0.1) is 11.3 Å². The van der Waals surface area contributed by atoms with Crippen molar-refractivity contribution in [2.45, 2.75) is 0 Å². The molecule has 220 valence electrons. The molecule has 0 amide bonds. The molecule has 0 radical (unpaired) electrons. The van der Waals surface area contributed by atoms with Crippen LogP contribution in [0.25, 0.3) is 93.3 Å². The highest BCUT2D eigenvalue weighted by Crippen LogP contribution is 2.37. The molecule has 0 unspecified atom stereocenters. The van der Waals surface area contributed by atoms with Crippen molar-refractivity contribution in [3.05, 3.63) is 139 Å². The number of nitrogens with zero attached hydrogens (tertiary/aromatic N) is 5. The summed E-state index contributed by atoms with van der Waals surface area (Å²) in [5.41, 5.74) is 3.43. The van der Waals surface area contributed by atoms with E-state index in [0.717, 1.165) is 37.1 Å². The number of hydrogen-bond donors (Lipinski definition) is 0. The Kier molecular flexibility index (Phi) is 4.34. The predicted molar refractivity (Wildman–Crippen MR) is 191 cm³/mol. The van der Waals surface area contributed by atoms with Crippen molar-refractivity contribution in [2.24, 2.45) is 0 Å². The first-order chi connectivity index (χ1) is 26.2. The van der Waals surface area contributed by atoms with Crippen molar-refractivity contribution in [3.8, 4) is 39.3 Å². The molecule has 0 saturated carbocycles. The van der Waals surface area contributed by atoms with Gasteiger partial charge in [0.2, 0.25) is 5.95 Å². The second-order valence-electron chi connectivity index (χ2n) is 11.0. The van der Waals surface area contributed by atoms with Crippen molar-refractivity contribution >= 4 is 65.3 Å². The first-order valence-electron chi connectivity index (χ1n) is 18.3. The molecule has 0 aliphatic rings. The number of para-hydroxylation sites is 4. The van der Waals surface area contributed by atoms with E-state index in [-0.39, 0.29) is 57.2 Å². The SMILES string of the molecule is [2H]c1c([2H])c([2H])c2c(oc3c([2H])c(-c4nc(-c5cccc6sc(-c7ccccc7)nc56)nc(-n5c6ccccc6c6ccccc65)n4)c([2H])c([2H])c32)c1[2H]. The van der Waals surface area contributed by atoms with Crippen LogP contribution in [0.1, 0.15) is 9.60 Å². The van der Waals surface area contributed by atoms with Crippen molar-refractivity contribution in [1.29, 1.82) is 0 Å². The van der Waals surface area contributed by atoms with Gasteiger partial charge in [-0.3, -0.25) is 4.57 Å². The van der Waals surface area contributed by atoms with Gasteiger partial charge in [0, 0.05) is 38.2 Å². The fourth-order valence-corrected chi connectivity index (χ4v) is 7.08. The largest absolute Gasteiger partial charge is 0.456 e. The van der Waals surface area contributed by atoms with Crippen molar-refractivity contribution in [2.75, 3.05) is 0 Å². The fourth-order valence-electron chi connectivity index (χ4n) is 6.08. The van der Waals surface area contributed by atoms with Crippen LogP contribution in [0.5, 0.6) is 0 Å². The second-order valence-corrected chi connectivity index (χ2v) is 12.0. The molecule has 0 atom stereocenters. The number of benzene rings is 6. The lowest BCUT2D eigenvalue weighted by atomic mass is 10.1. The number of rotatable bonds is 4. The van der Waals surface area contributed by atoms with Crippen LogP contribution in [0, 0.1) is 0 Å². The predicted octanol–water partition coefficient (Wildman–Crippen LogP) is 10.5. The highest BCUT2D eigenvalue weighted by molar-refractivity contribution is 7.21. The third-order valence-electron chi connectivity index (χ3n) is 8.19. The van der Waals surface area contributed by atoms with E-state index in [2.05, 4.69) is 0 Å². The van der Waals surface area contributed by atoms with Gasteiger partial charge in [0.05, 0.1) is 30.8 Å². The summed E-state index contributed by atoms with van der Waals surface area (Å²) in [7, 11) is 0. The van der Waals surface area contributed by atoms with Gasteiger partial charge in [-0.2, -0.15) is 9.97 Å². The van der Waals surface area contributed by atoms with Crippen LogP contribution in [-0.2, 0) is 0 Å². The number of thiazole rings is 1. The Bertz CT molecular complexity index is 3160. The van der Waals surface area contributed by atoms with Crippen LogP contribution < -0.4 is 0 Å². The monoisotopic (exact) mass is 628 g/mol. The Morgan fingerprint density at radius 2 is 1.30 bits per heavy atom. The zero-order valence-electron chi connectivity index (χ0n) is 31.3. The second kappa shape index (κ2) is 10.2. The zero-order chi connectivity index (χ0) is 37.0. The molecule has 0 aliphatic heterocycles. The van der Waals surface area contributed by atoms with E-state index < -0.39 is 30.2 Å². The van der Waals surface area contributed by atoms with Gasteiger partial charge in [0.25, 0.3) is 0 Å². The van der Waals surface area contributed by atoms with Gasteiger partial charge < -0.3 is 4.42 Å². The Hall–Kier alpha value is -6.18.